The Morgan fingerprint density at radius 1 is 1.50 bits per heavy atom. The van der Waals surface area contributed by atoms with Crippen molar-refractivity contribution in [2.75, 3.05) is 0 Å². The first-order chi connectivity index (χ1) is 6.63. The summed E-state index contributed by atoms with van der Waals surface area (Å²) in [5, 5.41) is 0.818. The molecule has 0 atom stereocenters. The van der Waals surface area contributed by atoms with Gasteiger partial charge in [-0.1, -0.05) is 11.6 Å². The number of aromatic nitrogens is 1. The molecule has 0 saturated heterocycles. The van der Waals surface area contributed by atoms with Gasteiger partial charge in [-0.05, 0) is 19.1 Å². The Hall–Kier alpha value is -1.35. The lowest BCUT2D eigenvalue weighted by atomic mass is 10.1. The Labute approximate surface area is 84.7 Å². The highest BCUT2D eigenvalue weighted by molar-refractivity contribution is 6.35. The number of aldehydes is 1. The second-order valence-electron chi connectivity index (χ2n) is 3.09. The zero-order chi connectivity index (χ0) is 10.3. The molecule has 2 aromatic rings. The molecule has 0 radical (unpaired) electrons. The molecule has 0 aliphatic carbocycles. The van der Waals surface area contributed by atoms with Gasteiger partial charge < -0.3 is 4.98 Å². The van der Waals surface area contributed by atoms with Gasteiger partial charge in [0.2, 0.25) is 0 Å². The molecule has 0 amide bonds. The molecule has 2 rings (SSSR count). The molecule has 1 aromatic carbocycles. The molecular formula is C10H7ClFNO. The molecule has 0 unspecified atom stereocenters. The third-order valence-corrected chi connectivity index (χ3v) is 2.48. The molecule has 0 saturated carbocycles. The minimum atomic E-state index is -0.440. The number of halogens is 2. The summed E-state index contributed by atoms with van der Waals surface area (Å²) in [6.07, 6.45) is 0.698. The predicted octanol–water partition coefficient (Wildman–Crippen LogP) is 3.08. The molecule has 14 heavy (non-hydrogen) atoms. The SMILES string of the molecule is Cc1[nH]c2c(Cl)cc(F)cc2c1C=O. The van der Waals surface area contributed by atoms with Gasteiger partial charge in [-0.3, -0.25) is 4.79 Å². The number of carbonyl (C=O) groups excluding carboxylic acids is 1. The van der Waals surface area contributed by atoms with E-state index in [2.05, 4.69) is 4.98 Å². The van der Waals surface area contributed by atoms with Crippen LogP contribution in [0.3, 0.4) is 0 Å². The van der Waals surface area contributed by atoms with E-state index < -0.39 is 5.82 Å². The van der Waals surface area contributed by atoms with Crippen LogP contribution in [0.2, 0.25) is 5.02 Å². The lowest BCUT2D eigenvalue weighted by Gasteiger charge is -1.94. The lowest BCUT2D eigenvalue weighted by molar-refractivity contribution is 0.112. The molecule has 0 spiro atoms. The molecule has 4 heteroatoms. The molecule has 0 aliphatic rings. The van der Waals surface area contributed by atoms with Crippen LogP contribution in [0.4, 0.5) is 4.39 Å². The second-order valence-corrected chi connectivity index (χ2v) is 3.50. The Bertz CT molecular complexity index is 518. The van der Waals surface area contributed by atoms with Gasteiger partial charge in [0.25, 0.3) is 0 Å². The van der Waals surface area contributed by atoms with Crippen LogP contribution in [0.5, 0.6) is 0 Å². The fraction of sp³-hybridized carbons (Fsp3) is 0.100. The Morgan fingerprint density at radius 3 is 2.86 bits per heavy atom. The van der Waals surface area contributed by atoms with Crippen molar-refractivity contribution in [2.45, 2.75) is 6.92 Å². The van der Waals surface area contributed by atoms with Crippen molar-refractivity contribution in [3.8, 4) is 0 Å². The van der Waals surface area contributed by atoms with Crippen LogP contribution in [0.15, 0.2) is 12.1 Å². The molecule has 0 bridgehead atoms. The van der Waals surface area contributed by atoms with Crippen molar-refractivity contribution in [3.05, 3.63) is 34.2 Å². The number of aryl methyl sites for hydroxylation is 1. The number of nitrogens with one attached hydrogen (secondary N) is 1. The highest BCUT2D eigenvalue weighted by Gasteiger charge is 2.11. The average Bonchev–Trinajstić information content (AvgIpc) is 2.41. The number of fused-ring (bicyclic) bond motifs is 1. The van der Waals surface area contributed by atoms with E-state index in [1.54, 1.807) is 6.92 Å². The van der Waals surface area contributed by atoms with Gasteiger partial charge in [-0.2, -0.15) is 0 Å². The smallest absolute Gasteiger partial charge is 0.152 e. The highest BCUT2D eigenvalue weighted by Crippen LogP contribution is 2.28. The normalized spacial score (nSPS) is 10.8. The van der Waals surface area contributed by atoms with E-state index in [-0.39, 0.29) is 5.02 Å². The standard InChI is InChI=1S/C10H7ClFNO/c1-5-8(4-14)7-2-6(12)3-9(11)10(7)13-5/h2-4,13H,1H3. The van der Waals surface area contributed by atoms with E-state index in [1.165, 1.54) is 12.1 Å². The van der Waals surface area contributed by atoms with E-state index in [9.17, 15) is 9.18 Å². The molecule has 1 N–H and O–H groups in total. The Balaban J connectivity index is 2.94. The number of benzene rings is 1. The first kappa shape index (κ1) is 9.21. The summed E-state index contributed by atoms with van der Waals surface area (Å²) >= 11 is 5.82. The van der Waals surface area contributed by atoms with Crippen LogP contribution in [0.1, 0.15) is 16.1 Å². The number of hydrogen-bond acceptors (Lipinski definition) is 1. The van der Waals surface area contributed by atoms with Gasteiger partial charge >= 0.3 is 0 Å². The maximum atomic E-state index is 13.0. The van der Waals surface area contributed by atoms with Crippen molar-refractivity contribution in [1.29, 1.82) is 0 Å². The number of rotatable bonds is 1. The first-order valence-electron chi connectivity index (χ1n) is 4.06. The average molecular weight is 212 g/mol. The molecule has 1 aromatic heterocycles. The number of hydrogen-bond donors (Lipinski definition) is 1. The monoisotopic (exact) mass is 211 g/mol. The molecule has 2 nitrogen and oxygen atoms in total. The van der Waals surface area contributed by atoms with Crippen LogP contribution in [-0.4, -0.2) is 11.3 Å². The van der Waals surface area contributed by atoms with E-state index >= 15 is 0 Å². The number of carbonyl (C=O) groups is 1. The highest BCUT2D eigenvalue weighted by atomic mass is 35.5. The van der Waals surface area contributed by atoms with Crippen LogP contribution in [0, 0.1) is 12.7 Å². The topological polar surface area (TPSA) is 32.9 Å². The second kappa shape index (κ2) is 3.10. The van der Waals surface area contributed by atoms with E-state index in [1.807, 2.05) is 0 Å². The van der Waals surface area contributed by atoms with Gasteiger partial charge in [0.1, 0.15) is 5.82 Å². The van der Waals surface area contributed by atoms with Crippen molar-refractivity contribution in [2.24, 2.45) is 0 Å². The third-order valence-electron chi connectivity index (χ3n) is 2.18. The van der Waals surface area contributed by atoms with E-state index in [0.29, 0.717) is 28.4 Å². The minimum Gasteiger partial charge on any atom is -0.357 e. The van der Waals surface area contributed by atoms with Crippen molar-refractivity contribution in [1.82, 2.24) is 4.98 Å². The van der Waals surface area contributed by atoms with Gasteiger partial charge in [-0.25, -0.2) is 4.39 Å². The Morgan fingerprint density at radius 2 is 2.21 bits per heavy atom. The van der Waals surface area contributed by atoms with Crippen LogP contribution in [-0.2, 0) is 0 Å². The molecule has 0 fully saturated rings. The lowest BCUT2D eigenvalue weighted by Crippen LogP contribution is -1.81. The van der Waals surface area contributed by atoms with E-state index in [0.717, 1.165) is 0 Å². The first-order valence-corrected chi connectivity index (χ1v) is 4.44. The van der Waals surface area contributed by atoms with Crippen molar-refractivity contribution >= 4 is 28.8 Å². The number of H-pyrrole nitrogens is 1. The molecule has 72 valence electrons. The summed E-state index contributed by atoms with van der Waals surface area (Å²) in [6.45, 7) is 1.75. The quantitative estimate of drug-likeness (QED) is 0.723. The summed E-state index contributed by atoms with van der Waals surface area (Å²) in [5.41, 5.74) is 1.76. The van der Waals surface area contributed by atoms with Gasteiger partial charge in [0, 0.05) is 16.6 Å². The molecule has 0 aliphatic heterocycles. The van der Waals surface area contributed by atoms with Crippen LogP contribution in [0.25, 0.3) is 10.9 Å². The zero-order valence-electron chi connectivity index (χ0n) is 7.40. The molecular weight excluding hydrogens is 205 g/mol. The van der Waals surface area contributed by atoms with Crippen LogP contribution >= 0.6 is 11.6 Å². The third kappa shape index (κ3) is 1.21. The summed E-state index contributed by atoms with van der Waals surface area (Å²) < 4.78 is 13.0. The van der Waals surface area contributed by atoms with Gasteiger partial charge in [-0.15, -0.1) is 0 Å². The molecule has 1 heterocycles. The summed E-state index contributed by atoms with van der Waals surface area (Å²) in [5.74, 6) is -0.440. The van der Waals surface area contributed by atoms with Crippen molar-refractivity contribution < 1.29 is 9.18 Å². The van der Waals surface area contributed by atoms with Crippen molar-refractivity contribution in [3.63, 3.8) is 0 Å². The number of aromatic amines is 1. The summed E-state index contributed by atoms with van der Waals surface area (Å²) in [6, 6.07) is 2.52. The zero-order valence-corrected chi connectivity index (χ0v) is 8.15. The fourth-order valence-corrected chi connectivity index (χ4v) is 1.78. The summed E-state index contributed by atoms with van der Waals surface area (Å²) in [4.78, 5) is 13.7. The predicted molar refractivity (Wildman–Crippen MR) is 53.4 cm³/mol. The maximum Gasteiger partial charge on any atom is 0.152 e. The van der Waals surface area contributed by atoms with Gasteiger partial charge in [0.15, 0.2) is 6.29 Å². The summed E-state index contributed by atoms with van der Waals surface area (Å²) in [7, 11) is 0. The van der Waals surface area contributed by atoms with Gasteiger partial charge in [0.05, 0.1) is 10.5 Å². The fourth-order valence-electron chi connectivity index (χ4n) is 1.52. The largest absolute Gasteiger partial charge is 0.357 e. The Kier molecular flexibility index (Phi) is 2.04. The maximum absolute atomic E-state index is 13.0. The minimum absolute atomic E-state index is 0.288. The van der Waals surface area contributed by atoms with Crippen LogP contribution < -0.4 is 0 Å². The van der Waals surface area contributed by atoms with E-state index in [4.69, 9.17) is 11.6 Å².